The van der Waals surface area contributed by atoms with Crippen LogP contribution in [0.25, 0.3) is 0 Å². The summed E-state index contributed by atoms with van der Waals surface area (Å²) in [6.45, 7) is 5.60. The number of nitrogens with one attached hydrogen (secondary N) is 1. The summed E-state index contributed by atoms with van der Waals surface area (Å²) >= 11 is 0. The third-order valence-corrected chi connectivity index (χ3v) is 4.98. The fourth-order valence-corrected chi connectivity index (χ4v) is 3.37. The molecule has 1 aliphatic heterocycles. The molecular weight excluding hydrogens is 340 g/mol. The Bertz CT molecular complexity index is 811. The van der Waals surface area contributed by atoms with Crippen molar-refractivity contribution in [2.24, 2.45) is 5.92 Å². The van der Waals surface area contributed by atoms with E-state index in [4.69, 9.17) is 0 Å². The minimum atomic E-state index is -0.189. The molecule has 6 heteroatoms. The number of benzene rings is 1. The normalized spacial score (nSPS) is 13.3. The van der Waals surface area contributed by atoms with Gasteiger partial charge in [-0.25, -0.2) is 4.98 Å². The summed E-state index contributed by atoms with van der Waals surface area (Å²) < 4.78 is 1.93. The van der Waals surface area contributed by atoms with Gasteiger partial charge in [-0.3, -0.25) is 9.59 Å². The smallest absolute Gasteiger partial charge is 0.294 e. The van der Waals surface area contributed by atoms with Gasteiger partial charge in [0.25, 0.3) is 11.8 Å². The minimum Gasteiger partial charge on any atom is -0.351 e. The van der Waals surface area contributed by atoms with Gasteiger partial charge in [0, 0.05) is 25.8 Å². The Morgan fingerprint density at radius 1 is 1.22 bits per heavy atom. The van der Waals surface area contributed by atoms with E-state index >= 15 is 0 Å². The Morgan fingerprint density at radius 3 is 2.67 bits per heavy atom. The van der Waals surface area contributed by atoms with Gasteiger partial charge in [-0.2, -0.15) is 0 Å². The van der Waals surface area contributed by atoms with Crippen molar-refractivity contribution in [1.29, 1.82) is 0 Å². The first-order valence-corrected chi connectivity index (χ1v) is 9.69. The highest BCUT2D eigenvalue weighted by molar-refractivity contribution is 6.05. The van der Waals surface area contributed by atoms with Crippen molar-refractivity contribution in [3.05, 3.63) is 47.5 Å². The Morgan fingerprint density at radius 2 is 1.96 bits per heavy atom. The third-order valence-electron chi connectivity index (χ3n) is 4.98. The Labute approximate surface area is 160 Å². The number of aromatic nitrogens is 2. The van der Waals surface area contributed by atoms with Gasteiger partial charge < -0.3 is 14.8 Å². The topological polar surface area (TPSA) is 67.2 Å². The van der Waals surface area contributed by atoms with Crippen molar-refractivity contribution in [3.63, 3.8) is 0 Å². The zero-order chi connectivity index (χ0) is 19.4. The molecule has 0 spiro atoms. The number of imidazole rings is 1. The van der Waals surface area contributed by atoms with E-state index in [0.29, 0.717) is 24.0 Å². The summed E-state index contributed by atoms with van der Waals surface area (Å²) in [6, 6.07) is 9.48. The van der Waals surface area contributed by atoms with Gasteiger partial charge in [0.2, 0.25) is 5.82 Å². The maximum Gasteiger partial charge on any atom is 0.294 e. The van der Waals surface area contributed by atoms with Gasteiger partial charge in [-0.05, 0) is 43.7 Å². The zero-order valence-corrected chi connectivity index (χ0v) is 16.4. The van der Waals surface area contributed by atoms with Crippen LogP contribution in [0.5, 0.6) is 0 Å². The maximum absolute atomic E-state index is 13.1. The van der Waals surface area contributed by atoms with Crippen LogP contribution < -0.4 is 10.2 Å². The summed E-state index contributed by atoms with van der Waals surface area (Å²) in [6.07, 6.45) is 3.71. The summed E-state index contributed by atoms with van der Waals surface area (Å²) in [5.74, 6) is 0.510. The number of anilines is 1. The highest BCUT2D eigenvalue weighted by atomic mass is 16.2. The van der Waals surface area contributed by atoms with Crippen molar-refractivity contribution >= 4 is 17.5 Å². The number of carbonyl (C=O) groups is 2. The number of amides is 2. The van der Waals surface area contributed by atoms with E-state index in [9.17, 15) is 9.59 Å². The quantitative estimate of drug-likeness (QED) is 0.851. The number of rotatable bonds is 6. The van der Waals surface area contributed by atoms with Crippen LogP contribution in [0.2, 0.25) is 0 Å². The van der Waals surface area contributed by atoms with Crippen molar-refractivity contribution < 1.29 is 9.59 Å². The van der Waals surface area contributed by atoms with Gasteiger partial charge in [-0.15, -0.1) is 0 Å². The van der Waals surface area contributed by atoms with Crippen LogP contribution in [0.1, 0.15) is 59.9 Å². The number of hydrogen-bond acceptors (Lipinski definition) is 3. The third kappa shape index (κ3) is 4.21. The van der Waals surface area contributed by atoms with Crippen molar-refractivity contribution in [2.45, 2.75) is 46.1 Å². The standard InChI is InChI=1S/C21H28N4O2/c1-15(2)12-13-22-20(26)18-17-11-7-8-14-25(17)19(23-18)21(27)24(3)16-9-5-4-6-10-16/h4-6,9-10,15H,7-8,11-14H2,1-3H3,(H,22,26). The molecule has 6 nitrogen and oxygen atoms in total. The van der Waals surface area contributed by atoms with Crippen LogP contribution in [0.4, 0.5) is 5.69 Å². The van der Waals surface area contributed by atoms with Crippen LogP contribution in [0.3, 0.4) is 0 Å². The molecule has 2 aromatic rings. The first kappa shape index (κ1) is 19.1. The molecule has 2 heterocycles. The predicted octanol–water partition coefficient (Wildman–Crippen LogP) is 3.27. The molecule has 0 radical (unpaired) electrons. The van der Waals surface area contributed by atoms with E-state index in [0.717, 1.165) is 43.6 Å². The first-order valence-electron chi connectivity index (χ1n) is 9.69. The summed E-state index contributed by atoms with van der Waals surface area (Å²) in [4.78, 5) is 31.8. The Balaban J connectivity index is 1.86. The molecule has 1 aromatic carbocycles. The van der Waals surface area contributed by atoms with Crippen LogP contribution in [-0.2, 0) is 13.0 Å². The first-order chi connectivity index (χ1) is 13.0. The van der Waals surface area contributed by atoms with Crippen LogP contribution in [-0.4, -0.2) is 35.0 Å². The molecule has 144 valence electrons. The Kier molecular flexibility index (Phi) is 5.94. The molecule has 0 saturated carbocycles. The van der Waals surface area contributed by atoms with Crippen molar-refractivity contribution in [2.75, 3.05) is 18.5 Å². The second-order valence-corrected chi connectivity index (χ2v) is 7.48. The van der Waals surface area contributed by atoms with E-state index in [-0.39, 0.29) is 11.8 Å². The largest absolute Gasteiger partial charge is 0.351 e. The predicted molar refractivity (Wildman–Crippen MR) is 106 cm³/mol. The van der Waals surface area contributed by atoms with Crippen LogP contribution in [0, 0.1) is 5.92 Å². The molecule has 1 N–H and O–H groups in total. The number of carbonyl (C=O) groups excluding carboxylic acids is 2. The number of hydrogen-bond donors (Lipinski definition) is 1. The molecule has 0 aliphatic carbocycles. The molecule has 2 amide bonds. The second kappa shape index (κ2) is 8.37. The van der Waals surface area contributed by atoms with Gasteiger partial charge in [0.1, 0.15) is 5.69 Å². The molecule has 0 saturated heterocycles. The molecule has 0 unspecified atom stereocenters. The molecule has 27 heavy (non-hydrogen) atoms. The van der Waals surface area contributed by atoms with Gasteiger partial charge in [0.05, 0.1) is 5.69 Å². The van der Waals surface area contributed by atoms with E-state index in [1.807, 2.05) is 34.9 Å². The summed E-state index contributed by atoms with van der Waals surface area (Å²) in [7, 11) is 1.74. The fraction of sp³-hybridized carbons (Fsp3) is 0.476. The van der Waals surface area contributed by atoms with E-state index < -0.39 is 0 Å². The minimum absolute atomic E-state index is 0.178. The molecule has 1 aliphatic rings. The lowest BCUT2D eigenvalue weighted by atomic mass is 10.1. The lowest BCUT2D eigenvalue weighted by Crippen LogP contribution is -2.30. The molecule has 0 fully saturated rings. The van der Waals surface area contributed by atoms with Gasteiger partial charge in [0.15, 0.2) is 0 Å². The Hall–Kier alpha value is -2.63. The van der Waals surface area contributed by atoms with E-state index in [2.05, 4.69) is 24.1 Å². The molecular formula is C21H28N4O2. The highest BCUT2D eigenvalue weighted by Crippen LogP contribution is 2.23. The lowest BCUT2D eigenvalue weighted by Gasteiger charge is -2.20. The van der Waals surface area contributed by atoms with Crippen LogP contribution in [0.15, 0.2) is 30.3 Å². The zero-order valence-electron chi connectivity index (χ0n) is 16.4. The fourth-order valence-electron chi connectivity index (χ4n) is 3.37. The van der Waals surface area contributed by atoms with Gasteiger partial charge in [-0.1, -0.05) is 32.0 Å². The molecule has 0 bridgehead atoms. The number of fused-ring (bicyclic) bond motifs is 1. The number of para-hydroxylation sites is 1. The lowest BCUT2D eigenvalue weighted by molar-refractivity contribution is 0.0946. The monoisotopic (exact) mass is 368 g/mol. The molecule has 0 atom stereocenters. The van der Waals surface area contributed by atoms with Crippen LogP contribution >= 0.6 is 0 Å². The summed E-state index contributed by atoms with van der Waals surface area (Å²) in [5, 5.41) is 2.95. The van der Waals surface area contributed by atoms with E-state index in [1.165, 1.54) is 0 Å². The van der Waals surface area contributed by atoms with Crippen molar-refractivity contribution in [1.82, 2.24) is 14.9 Å². The SMILES string of the molecule is CC(C)CCNC(=O)c1nc(C(=O)N(C)c2ccccc2)n2c1CCCC2. The van der Waals surface area contributed by atoms with Gasteiger partial charge >= 0.3 is 0 Å². The molecule has 3 rings (SSSR count). The maximum atomic E-state index is 13.1. The second-order valence-electron chi connectivity index (χ2n) is 7.48. The number of nitrogens with zero attached hydrogens (tertiary/aromatic N) is 3. The highest BCUT2D eigenvalue weighted by Gasteiger charge is 2.29. The van der Waals surface area contributed by atoms with Crippen molar-refractivity contribution in [3.8, 4) is 0 Å². The average molecular weight is 368 g/mol. The summed E-state index contributed by atoms with van der Waals surface area (Å²) in [5.41, 5.74) is 2.09. The average Bonchev–Trinajstić information content (AvgIpc) is 3.07. The molecule has 1 aromatic heterocycles. The van der Waals surface area contributed by atoms with E-state index in [1.54, 1.807) is 11.9 Å².